The molecular formula is C18H19N7O. The highest BCUT2D eigenvalue weighted by Gasteiger charge is 2.11. The Morgan fingerprint density at radius 1 is 1.04 bits per heavy atom. The fourth-order valence-corrected chi connectivity index (χ4v) is 2.27. The Labute approximate surface area is 150 Å². The quantitative estimate of drug-likeness (QED) is 0.523. The minimum absolute atomic E-state index is 0.279. The molecule has 1 aromatic carbocycles. The predicted molar refractivity (Wildman–Crippen MR) is 101 cm³/mol. The van der Waals surface area contributed by atoms with Crippen LogP contribution in [0.5, 0.6) is 0 Å². The predicted octanol–water partition coefficient (Wildman–Crippen LogP) is 2.57. The van der Waals surface area contributed by atoms with Gasteiger partial charge in [0.1, 0.15) is 17.7 Å². The molecule has 2 aromatic heterocycles. The van der Waals surface area contributed by atoms with Crippen LogP contribution < -0.4 is 21.9 Å². The lowest BCUT2D eigenvalue weighted by Gasteiger charge is -2.14. The van der Waals surface area contributed by atoms with E-state index in [2.05, 4.69) is 31.1 Å². The SMILES string of the molecule is Cc1ccc(C)c(Nc2ncnc(NNC(=O)c3ccccn3)c2N)c1. The molecule has 3 aromatic rings. The Balaban J connectivity index is 1.75. The number of pyridine rings is 1. The number of carbonyl (C=O) groups excluding carboxylic acids is 1. The standard InChI is InChI=1S/C18H19N7O/c1-11-6-7-12(2)14(9-11)23-16-15(19)17(22-10-21-16)24-25-18(26)13-5-3-4-8-20-13/h3-10H,19H2,1-2H3,(H,25,26)(H2,21,22,23,24). The molecule has 0 aliphatic rings. The van der Waals surface area contributed by atoms with Crippen LogP contribution in [0.25, 0.3) is 0 Å². The summed E-state index contributed by atoms with van der Waals surface area (Å²) in [4.78, 5) is 24.3. The summed E-state index contributed by atoms with van der Waals surface area (Å²) in [5, 5.41) is 3.20. The van der Waals surface area contributed by atoms with Crippen molar-refractivity contribution >= 4 is 28.9 Å². The van der Waals surface area contributed by atoms with Crippen LogP contribution in [-0.4, -0.2) is 20.9 Å². The molecule has 5 N–H and O–H groups in total. The lowest BCUT2D eigenvalue weighted by molar-refractivity contribution is 0.0957. The molecule has 8 heteroatoms. The third kappa shape index (κ3) is 3.86. The smallest absolute Gasteiger partial charge is 0.288 e. The van der Waals surface area contributed by atoms with Crippen LogP contribution in [0.1, 0.15) is 21.6 Å². The number of benzene rings is 1. The van der Waals surface area contributed by atoms with Crippen LogP contribution >= 0.6 is 0 Å². The van der Waals surface area contributed by atoms with E-state index in [1.165, 1.54) is 6.33 Å². The van der Waals surface area contributed by atoms with Crippen LogP contribution in [0.15, 0.2) is 48.9 Å². The molecule has 8 nitrogen and oxygen atoms in total. The number of anilines is 4. The molecule has 0 bridgehead atoms. The van der Waals surface area contributed by atoms with E-state index in [1.54, 1.807) is 24.4 Å². The van der Waals surface area contributed by atoms with E-state index in [0.29, 0.717) is 5.82 Å². The fraction of sp³-hybridized carbons (Fsp3) is 0.111. The second-order valence-electron chi connectivity index (χ2n) is 5.72. The van der Waals surface area contributed by atoms with Crippen molar-refractivity contribution in [2.45, 2.75) is 13.8 Å². The molecule has 0 saturated heterocycles. The van der Waals surface area contributed by atoms with Crippen molar-refractivity contribution in [1.82, 2.24) is 20.4 Å². The van der Waals surface area contributed by atoms with Crippen molar-refractivity contribution in [3.8, 4) is 0 Å². The molecule has 0 atom stereocenters. The van der Waals surface area contributed by atoms with Crippen LogP contribution in [0.4, 0.5) is 23.0 Å². The zero-order valence-corrected chi connectivity index (χ0v) is 14.4. The van der Waals surface area contributed by atoms with E-state index in [-0.39, 0.29) is 17.2 Å². The highest BCUT2D eigenvalue weighted by atomic mass is 16.2. The number of hydrogen-bond acceptors (Lipinski definition) is 7. The molecule has 2 heterocycles. The summed E-state index contributed by atoms with van der Waals surface area (Å²) in [6.07, 6.45) is 2.90. The van der Waals surface area contributed by atoms with Crippen LogP contribution in [0.3, 0.4) is 0 Å². The summed E-state index contributed by atoms with van der Waals surface area (Å²) >= 11 is 0. The lowest BCUT2D eigenvalue weighted by Crippen LogP contribution is -2.31. The van der Waals surface area contributed by atoms with E-state index < -0.39 is 5.91 Å². The molecular weight excluding hydrogens is 330 g/mol. The van der Waals surface area contributed by atoms with Gasteiger partial charge in [-0.2, -0.15) is 0 Å². The Hall–Kier alpha value is -3.68. The zero-order valence-electron chi connectivity index (χ0n) is 14.4. The molecule has 1 amide bonds. The number of hydrogen-bond donors (Lipinski definition) is 4. The van der Waals surface area contributed by atoms with Gasteiger partial charge in [-0.25, -0.2) is 9.97 Å². The maximum Gasteiger partial charge on any atom is 0.288 e. The minimum Gasteiger partial charge on any atom is -0.393 e. The van der Waals surface area contributed by atoms with Crippen molar-refractivity contribution < 1.29 is 4.79 Å². The highest BCUT2D eigenvalue weighted by Crippen LogP contribution is 2.27. The van der Waals surface area contributed by atoms with Gasteiger partial charge >= 0.3 is 0 Å². The van der Waals surface area contributed by atoms with Gasteiger partial charge in [-0.3, -0.25) is 20.6 Å². The third-order valence-electron chi connectivity index (χ3n) is 3.72. The molecule has 0 spiro atoms. The summed E-state index contributed by atoms with van der Waals surface area (Å²) in [5.74, 6) is 0.341. The van der Waals surface area contributed by atoms with Gasteiger partial charge in [0.2, 0.25) is 0 Å². The van der Waals surface area contributed by atoms with E-state index in [9.17, 15) is 4.79 Å². The van der Waals surface area contributed by atoms with Crippen LogP contribution in [-0.2, 0) is 0 Å². The van der Waals surface area contributed by atoms with Gasteiger partial charge in [0.25, 0.3) is 5.91 Å². The molecule has 0 radical (unpaired) electrons. The summed E-state index contributed by atoms with van der Waals surface area (Å²) in [5.41, 5.74) is 15.0. The highest BCUT2D eigenvalue weighted by molar-refractivity contribution is 5.93. The van der Waals surface area contributed by atoms with Gasteiger partial charge in [0, 0.05) is 11.9 Å². The van der Waals surface area contributed by atoms with Gasteiger partial charge in [0.05, 0.1) is 0 Å². The topological polar surface area (TPSA) is 118 Å². The average Bonchev–Trinajstić information content (AvgIpc) is 2.66. The average molecular weight is 349 g/mol. The molecule has 26 heavy (non-hydrogen) atoms. The van der Waals surface area contributed by atoms with Gasteiger partial charge in [-0.1, -0.05) is 18.2 Å². The monoisotopic (exact) mass is 349 g/mol. The molecule has 3 rings (SSSR count). The number of carbonyl (C=O) groups is 1. The maximum atomic E-state index is 12.1. The summed E-state index contributed by atoms with van der Waals surface area (Å²) < 4.78 is 0. The van der Waals surface area contributed by atoms with E-state index in [4.69, 9.17) is 5.73 Å². The number of nitrogens with one attached hydrogen (secondary N) is 3. The number of amides is 1. The molecule has 0 unspecified atom stereocenters. The van der Waals surface area contributed by atoms with Gasteiger partial charge in [-0.05, 0) is 43.2 Å². The molecule has 0 fully saturated rings. The summed E-state index contributed by atoms with van der Waals surface area (Å²) in [7, 11) is 0. The van der Waals surface area contributed by atoms with Crippen molar-refractivity contribution in [1.29, 1.82) is 0 Å². The van der Waals surface area contributed by atoms with Gasteiger partial charge in [-0.15, -0.1) is 0 Å². The van der Waals surface area contributed by atoms with Crippen molar-refractivity contribution in [3.05, 3.63) is 65.7 Å². The van der Waals surface area contributed by atoms with Crippen molar-refractivity contribution in [2.24, 2.45) is 0 Å². The molecule has 132 valence electrons. The first-order valence-electron chi connectivity index (χ1n) is 7.96. The normalized spacial score (nSPS) is 10.2. The van der Waals surface area contributed by atoms with Gasteiger partial charge in [0.15, 0.2) is 11.6 Å². The number of rotatable bonds is 5. The largest absolute Gasteiger partial charge is 0.393 e. The molecule has 0 aliphatic carbocycles. The van der Waals surface area contributed by atoms with Crippen LogP contribution in [0, 0.1) is 13.8 Å². The Morgan fingerprint density at radius 2 is 1.85 bits per heavy atom. The number of hydrazine groups is 1. The number of aromatic nitrogens is 3. The van der Waals surface area contributed by atoms with Gasteiger partial charge < -0.3 is 11.1 Å². The number of nitrogens with zero attached hydrogens (tertiary/aromatic N) is 3. The Kier molecular flexibility index (Phi) is 4.93. The Bertz CT molecular complexity index is 928. The number of nitrogens with two attached hydrogens (primary N) is 1. The first-order chi connectivity index (χ1) is 12.5. The number of aryl methyl sites for hydroxylation is 2. The zero-order chi connectivity index (χ0) is 18.5. The minimum atomic E-state index is -0.396. The molecule has 0 aliphatic heterocycles. The summed E-state index contributed by atoms with van der Waals surface area (Å²) in [6, 6.07) is 11.1. The first kappa shape index (κ1) is 17.2. The first-order valence-corrected chi connectivity index (χ1v) is 7.96. The second-order valence-corrected chi connectivity index (χ2v) is 5.72. The van der Waals surface area contributed by atoms with E-state index >= 15 is 0 Å². The fourth-order valence-electron chi connectivity index (χ4n) is 2.27. The third-order valence-corrected chi connectivity index (χ3v) is 3.72. The van der Waals surface area contributed by atoms with E-state index in [0.717, 1.165) is 16.8 Å². The second kappa shape index (κ2) is 7.47. The van der Waals surface area contributed by atoms with E-state index in [1.807, 2.05) is 32.0 Å². The summed E-state index contributed by atoms with van der Waals surface area (Å²) in [6.45, 7) is 4.00. The van der Waals surface area contributed by atoms with Crippen molar-refractivity contribution in [2.75, 3.05) is 16.5 Å². The van der Waals surface area contributed by atoms with Crippen molar-refractivity contribution in [3.63, 3.8) is 0 Å². The lowest BCUT2D eigenvalue weighted by atomic mass is 10.1. The van der Waals surface area contributed by atoms with Crippen LogP contribution in [0.2, 0.25) is 0 Å². The maximum absolute atomic E-state index is 12.1. The number of nitrogen functional groups attached to an aromatic ring is 1. The Morgan fingerprint density at radius 3 is 2.62 bits per heavy atom. The molecule has 0 saturated carbocycles.